The molecule has 0 saturated heterocycles. The third kappa shape index (κ3) is 3.65. The van der Waals surface area contributed by atoms with E-state index in [4.69, 9.17) is 11.6 Å². The maximum absolute atomic E-state index is 13.1. The zero-order valence-electron chi connectivity index (χ0n) is 15.2. The maximum Gasteiger partial charge on any atom is 0.274 e. The number of aromatic nitrogens is 3. The van der Waals surface area contributed by atoms with Gasteiger partial charge in [0.2, 0.25) is 0 Å². The van der Waals surface area contributed by atoms with Gasteiger partial charge in [0.1, 0.15) is 10.8 Å². The third-order valence-electron chi connectivity index (χ3n) is 5.22. The lowest BCUT2D eigenvalue weighted by atomic mass is 10.1. The first-order chi connectivity index (χ1) is 13.1. The molecule has 0 bridgehead atoms. The molecular weight excluding hydrogens is 360 g/mol. The van der Waals surface area contributed by atoms with Crippen molar-refractivity contribution < 1.29 is 4.79 Å². The summed E-state index contributed by atoms with van der Waals surface area (Å²) in [7, 11) is 0. The van der Waals surface area contributed by atoms with Crippen molar-refractivity contribution in [2.24, 2.45) is 0 Å². The van der Waals surface area contributed by atoms with E-state index in [0.717, 1.165) is 47.7 Å². The SMILES string of the molecule is Cc1cccc2cc(CN(C(=O)c3cnccn3)C3CCCC3)c(Cl)nc12. The van der Waals surface area contributed by atoms with Gasteiger partial charge in [-0.15, -0.1) is 0 Å². The summed E-state index contributed by atoms with van der Waals surface area (Å²) >= 11 is 6.50. The third-order valence-corrected chi connectivity index (χ3v) is 5.55. The molecule has 1 aliphatic rings. The molecule has 0 N–H and O–H groups in total. The Hall–Kier alpha value is -2.53. The molecule has 27 heavy (non-hydrogen) atoms. The van der Waals surface area contributed by atoms with E-state index in [1.54, 1.807) is 12.4 Å². The molecule has 5 nitrogen and oxygen atoms in total. The van der Waals surface area contributed by atoms with Crippen molar-refractivity contribution in [1.82, 2.24) is 19.9 Å². The number of halogens is 1. The number of para-hydroxylation sites is 1. The van der Waals surface area contributed by atoms with E-state index < -0.39 is 0 Å². The van der Waals surface area contributed by atoms with Gasteiger partial charge in [-0.05, 0) is 31.4 Å². The van der Waals surface area contributed by atoms with Crippen LogP contribution in [0, 0.1) is 6.92 Å². The van der Waals surface area contributed by atoms with Gasteiger partial charge in [-0.1, -0.05) is 42.6 Å². The van der Waals surface area contributed by atoms with Crippen molar-refractivity contribution in [3.63, 3.8) is 0 Å². The van der Waals surface area contributed by atoms with Crippen LogP contribution in [0.25, 0.3) is 10.9 Å². The zero-order valence-corrected chi connectivity index (χ0v) is 16.0. The van der Waals surface area contributed by atoms with Gasteiger partial charge >= 0.3 is 0 Å². The number of benzene rings is 1. The summed E-state index contributed by atoms with van der Waals surface area (Å²) in [6, 6.07) is 8.30. The first-order valence-electron chi connectivity index (χ1n) is 9.25. The molecule has 0 atom stereocenters. The van der Waals surface area contributed by atoms with Gasteiger partial charge in [0.25, 0.3) is 5.91 Å². The minimum Gasteiger partial charge on any atom is -0.330 e. The molecular formula is C21H21ClN4O. The van der Waals surface area contributed by atoms with Crippen molar-refractivity contribution in [2.45, 2.75) is 45.2 Å². The molecule has 138 valence electrons. The minimum atomic E-state index is -0.101. The topological polar surface area (TPSA) is 59.0 Å². The number of hydrogen-bond acceptors (Lipinski definition) is 4. The summed E-state index contributed by atoms with van der Waals surface area (Å²) in [6.45, 7) is 2.45. The van der Waals surface area contributed by atoms with E-state index in [1.165, 1.54) is 6.20 Å². The fourth-order valence-electron chi connectivity index (χ4n) is 3.80. The van der Waals surface area contributed by atoms with E-state index in [9.17, 15) is 4.79 Å². The van der Waals surface area contributed by atoms with Crippen LogP contribution in [0.5, 0.6) is 0 Å². The van der Waals surface area contributed by atoms with Crippen LogP contribution in [-0.4, -0.2) is 31.8 Å². The van der Waals surface area contributed by atoms with Crippen LogP contribution < -0.4 is 0 Å². The monoisotopic (exact) mass is 380 g/mol. The van der Waals surface area contributed by atoms with Gasteiger partial charge in [-0.3, -0.25) is 9.78 Å². The van der Waals surface area contributed by atoms with Crippen LogP contribution in [-0.2, 0) is 6.54 Å². The van der Waals surface area contributed by atoms with Gasteiger partial charge in [-0.25, -0.2) is 9.97 Å². The van der Waals surface area contributed by atoms with Crippen molar-refractivity contribution in [3.05, 3.63) is 64.8 Å². The quantitative estimate of drug-likeness (QED) is 0.622. The summed E-state index contributed by atoms with van der Waals surface area (Å²) in [4.78, 5) is 27.8. The van der Waals surface area contributed by atoms with E-state index in [-0.39, 0.29) is 11.9 Å². The first-order valence-corrected chi connectivity index (χ1v) is 9.63. The smallest absolute Gasteiger partial charge is 0.274 e. The Morgan fingerprint density at radius 2 is 2.07 bits per heavy atom. The van der Waals surface area contributed by atoms with Gasteiger partial charge < -0.3 is 4.90 Å². The van der Waals surface area contributed by atoms with Crippen molar-refractivity contribution in [3.8, 4) is 0 Å². The molecule has 6 heteroatoms. The Kier molecular flexibility index (Phi) is 5.03. The summed E-state index contributed by atoms with van der Waals surface area (Å²) in [6.07, 6.45) is 8.92. The van der Waals surface area contributed by atoms with Crippen molar-refractivity contribution >= 4 is 28.4 Å². The second-order valence-corrected chi connectivity index (χ2v) is 7.40. The summed E-state index contributed by atoms with van der Waals surface area (Å²) in [5.74, 6) is -0.101. The first kappa shape index (κ1) is 17.9. The maximum atomic E-state index is 13.1. The number of amides is 1. The normalized spacial score (nSPS) is 14.6. The van der Waals surface area contributed by atoms with Crippen LogP contribution in [0.2, 0.25) is 5.15 Å². The number of nitrogens with zero attached hydrogens (tertiary/aromatic N) is 4. The molecule has 1 aliphatic carbocycles. The Balaban J connectivity index is 1.70. The molecule has 3 aromatic rings. The molecule has 0 unspecified atom stereocenters. The largest absolute Gasteiger partial charge is 0.330 e. The molecule has 1 aromatic carbocycles. The lowest BCUT2D eigenvalue weighted by Crippen LogP contribution is -2.38. The number of carbonyl (C=O) groups excluding carboxylic acids is 1. The van der Waals surface area contributed by atoms with Crippen LogP contribution in [0.4, 0.5) is 0 Å². The number of fused-ring (bicyclic) bond motifs is 1. The Bertz CT molecular complexity index is 971. The highest BCUT2D eigenvalue weighted by Crippen LogP contribution is 2.29. The van der Waals surface area contributed by atoms with Crippen LogP contribution in [0.3, 0.4) is 0 Å². The van der Waals surface area contributed by atoms with Crippen molar-refractivity contribution in [2.75, 3.05) is 0 Å². The van der Waals surface area contributed by atoms with E-state index in [0.29, 0.717) is 17.4 Å². The highest BCUT2D eigenvalue weighted by atomic mass is 35.5. The van der Waals surface area contributed by atoms with E-state index >= 15 is 0 Å². The van der Waals surface area contributed by atoms with Crippen LogP contribution in [0.1, 0.15) is 47.3 Å². The highest BCUT2D eigenvalue weighted by molar-refractivity contribution is 6.30. The number of rotatable bonds is 4. The second kappa shape index (κ2) is 7.61. The number of hydrogen-bond donors (Lipinski definition) is 0. The molecule has 1 saturated carbocycles. The molecule has 0 aliphatic heterocycles. The predicted molar refractivity (Wildman–Crippen MR) is 106 cm³/mol. The number of pyridine rings is 1. The lowest BCUT2D eigenvalue weighted by molar-refractivity contribution is 0.0658. The Morgan fingerprint density at radius 3 is 2.81 bits per heavy atom. The van der Waals surface area contributed by atoms with Gasteiger partial charge in [-0.2, -0.15) is 0 Å². The van der Waals surface area contributed by atoms with Crippen molar-refractivity contribution in [1.29, 1.82) is 0 Å². The zero-order chi connectivity index (χ0) is 18.8. The standard InChI is InChI=1S/C21H21ClN4O/c1-14-5-4-6-15-11-16(20(22)25-19(14)15)13-26(17-7-2-3-8-17)21(27)18-12-23-9-10-24-18/h4-6,9-12,17H,2-3,7-8,13H2,1H3. The highest BCUT2D eigenvalue weighted by Gasteiger charge is 2.29. The van der Waals surface area contributed by atoms with Gasteiger partial charge in [0.15, 0.2) is 0 Å². The predicted octanol–water partition coefficient (Wildman–Crippen LogP) is 4.57. The van der Waals surface area contributed by atoms with Gasteiger partial charge in [0.05, 0.1) is 11.7 Å². The number of carbonyl (C=O) groups is 1. The molecule has 1 fully saturated rings. The van der Waals surface area contributed by atoms with Crippen LogP contribution in [0.15, 0.2) is 42.9 Å². The number of aryl methyl sites for hydroxylation is 1. The fraction of sp³-hybridized carbons (Fsp3) is 0.333. The molecule has 4 rings (SSSR count). The summed E-state index contributed by atoms with van der Waals surface area (Å²) in [5.41, 5.74) is 3.21. The summed E-state index contributed by atoms with van der Waals surface area (Å²) in [5, 5.41) is 1.49. The Labute approximate surface area is 163 Å². The average molecular weight is 381 g/mol. The summed E-state index contributed by atoms with van der Waals surface area (Å²) < 4.78 is 0. The molecule has 2 heterocycles. The molecule has 2 aromatic heterocycles. The average Bonchev–Trinajstić information content (AvgIpc) is 3.22. The molecule has 1 amide bonds. The van der Waals surface area contributed by atoms with E-state index in [1.807, 2.05) is 36.1 Å². The van der Waals surface area contributed by atoms with Crippen LogP contribution >= 0.6 is 11.6 Å². The Morgan fingerprint density at radius 1 is 1.26 bits per heavy atom. The lowest BCUT2D eigenvalue weighted by Gasteiger charge is -2.29. The molecule has 0 radical (unpaired) electrons. The van der Waals surface area contributed by atoms with E-state index in [2.05, 4.69) is 15.0 Å². The fourth-order valence-corrected chi connectivity index (χ4v) is 4.00. The minimum absolute atomic E-state index is 0.101. The second-order valence-electron chi connectivity index (χ2n) is 7.05. The van der Waals surface area contributed by atoms with Gasteiger partial charge in [0, 0.05) is 35.9 Å². The molecule has 0 spiro atoms.